The summed E-state index contributed by atoms with van der Waals surface area (Å²) in [6.45, 7) is 4.95. The van der Waals surface area contributed by atoms with E-state index in [4.69, 9.17) is 10.5 Å². The highest BCUT2D eigenvalue weighted by atomic mass is 16.5. The molecule has 2 aliphatic carbocycles. The van der Waals surface area contributed by atoms with E-state index in [0.717, 1.165) is 44.4 Å². The second-order valence-electron chi connectivity index (χ2n) is 6.97. The number of hydrogen-bond donors (Lipinski definition) is 1. The van der Waals surface area contributed by atoms with Crippen molar-refractivity contribution in [3.63, 3.8) is 0 Å². The third-order valence-electron chi connectivity index (χ3n) is 5.22. The molecule has 2 atom stereocenters. The molecule has 2 fully saturated rings. The van der Waals surface area contributed by atoms with Crippen molar-refractivity contribution < 1.29 is 9.53 Å². The molecule has 2 rings (SSSR count). The lowest BCUT2D eigenvalue weighted by atomic mass is 9.71. The lowest BCUT2D eigenvalue weighted by Gasteiger charge is -2.38. The van der Waals surface area contributed by atoms with Crippen LogP contribution in [0.3, 0.4) is 0 Å². The lowest BCUT2D eigenvalue weighted by Crippen LogP contribution is -2.44. The van der Waals surface area contributed by atoms with Crippen molar-refractivity contribution in [2.75, 3.05) is 6.54 Å². The fourth-order valence-electron chi connectivity index (χ4n) is 3.57. The molecule has 0 aliphatic heterocycles. The van der Waals surface area contributed by atoms with E-state index < -0.39 is 0 Å². The van der Waals surface area contributed by atoms with Gasteiger partial charge in [0.2, 0.25) is 0 Å². The Hall–Kier alpha value is -0.570. The second-order valence-corrected chi connectivity index (χ2v) is 6.97. The Morgan fingerprint density at radius 3 is 2.42 bits per heavy atom. The Morgan fingerprint density at radius 2 is 1.84 bits per heavy atom. The SMILES string of the molecule is CC1CCC(CN)(C(=O)OC2CCCC(C)C2)CC1. The zero-order valence-corrected chi connectivity index (χ0v) is 12.5. The van der Waals surface area contributed by atoms with Gasteiger partial charge in [0.05, 0.1) is 5.41 Å². The van der Waals surface area contributed by atoms with Crippen LogP contribution in [0.15, 0.2) is 0 Å². The van der Waals surface area contributed by atoms with Gasteiger partial charge in [0, 0.05) is 6.54 Å². The van der Waals surface area contributed by atoms with Gasteiger partial charge in [-0.15, -0.1) is 0 Å². The maximum atomic E-state index is 12.5. The van der Waals surface area contributed by atoms with Crippen molar-refractivity contribution in [2.24, 2.45) is 23.0 Å². The molecule has 0 spiro atoms. The van der Waals surface area contributed by atoms with Gasteiger partial charge in [0.15, 0.2) is 0 Å². The van der Waals surface area contributed by atoms with Crippen molar-refractivity contribution >= 4 is 5.97 Å². The maximum absolute atomic E-state index is 12.5. The average molecular weight is 267 g/mol. The van der Waals surface area contributed by atoms with Gasteiger partial charge in [-0.1, -0.05) is 20.3 Å². The molecule has 19 heavy (non-hydrogen) atoms. The molecule has 2 aliphatic rings. The fourth-order valence-corrected chi connectivity index (χ4v) is 3.57. The summed E-state index contributed by atoms with van der Waals surface area (Å²) in [5, 5.41) is 0. The van der Waals surface area contributed by atoms with Gasteiger partial charge < -0.3 is 10.5 Å². The van der Waals surface area contributed by atoms with Gasteiger partial charge in [-0.3, -0.25) is 4.79 Å². The van der Waals surface area contributed by atoms with E-state index in [1.165, 1.54) is 12.8 Å². The predicted molar refractivity (Wildman–Crippen MR) is 76.6 cm³/mol. The van der Waals surface area contributed by atoms with E-state index >= 15 is 0 Å². The summed E-state index contributed by atoms with van der Waals surface area (Å²) in [5.74, 6) is 1.40. The molecule has 2 N–H and O–H groups in total. The summed E-state index contributed by atoms with van der Waals surface area (Å²) in [4.78, 5) is 12.5. The van der Waals surface area contributed by atoms with E-state index in [9.17, 15) is 4.79 Å². The van der Waals surface area contributed by atoms with Crippen LogP contribution in [0.25, 0.3) is 0 Å². The molecule has 3 nitrogen and oxygen atoms in total. The summed E-state index contributed by atoms with van der Waals surface area (Å²) in [6, 6.07) is 0. The minimum Gasteiger partial charge on any atom is -0.462 e. The number of carbonyl (C=O) groups excluding carboxylic acids is 1. The molecule has 0 heterocycles. The average Bonchev–Trinajstić information content (AvgIpc) is 2.40. The number of hydrogen-bond acceptors (Lipinski definition) is 3. The molecule has 2 unspecified atom stereocenters. The summed E-state index contributed by atoms with van der Waals surface area (Å²) in [7, 11) is 0. The molecule has 0 aromatic carbocycles. The van der Waals surface area contributed by atoms with Gasteiger partial charge in [-0.2, -0.15) is 0 Å². The topological polar surface area (TPSA) is 52.3 Å². The fraction of sp³-hybridized carbons (Fsp3) is 0.938. The molecule has 0 aromatic heterocycles. The van der Waals surface area contributed by atoms with Crippen molar-refractivity contribution in [1.29, 1.82) is 0 Å². The Morgan fingerprint density at radius 1 is 1.16 bits per heavy atom. The maximum Gasteiger partial charge on any atom is 0.313 e. The van der Waals surface area contributed by atoms with Gasteiger partial charge in [-0.25, -0.2) is 0 Å². The van der Waals surface area contributed by atoms with Crippen LogP contribution < -0.4 is 5.73 Å². The number of esters is 1. The highest BCUT2D eigenvalue weighted by Crippen LogP contribution is 2.40. The second kappa shape index (κ2) is 6.25. The standard InChI is InChI=1S/C16H29NO2/c1-12-6-8-16(11-17,9-7-12)15(18)19-14-5-3-4-13(2)10-14/h12-14H,3-11,17H2,1-2H3. The molecule has 2 saturated carbocycles. The van der Waals surface area contributed by atoms with Crippen molar-refractivity contribution in [3.05, 3.63) is 0 Å². The molecule has 0 bridgehead atoms. The van der Waals surface area contributed by atoms with E-state index in [0.29, 0.717) is 12.5 Å². The normalized spacial score (nSPS) is 39.8. The Bertz CT molecular complexity index is 308. The minimum absolute atomic E-state index is 0.0130. The summed E-state index contributed by atoms with van der Waals surface area (Å²) in [6.07, 6.45) is 8.69. The smallest absolute Gasteiger partial charge is 0.313 e. The van der Waals surface area contributed by atoms with Crippen molar-refractivity contribution in [3.8, 4) is 0 Å². The highest BCUT2D eigenvalue weighted by molar-refractivity contribution is 5.77. The van der Waals surface area contributed by atoms with Gasteiger partial charge in [-0.05, 0) is 56.8 Å². The molecule has 0 amide bonds. The number of rotatable bonds is 3. The van der Waals surface area contributed by atoms with Crippen LogP contribution in [0.1, 0.15) is 65.2 Å². The lowest BCUT2D eigenvalue weighted by molar-refractivity contribution is -0.165. The number of ether oxygens (including phenoxy) is 1. The summed E-state index contributed by atoms with van der Waals surface area (Å²) >= 11 is 0. The van der Waals surface area contributed by atoms with Gasteiger partial charge >= 0.3 is 5.97 Å². The monoisotopic (exact) mass is 267 g/mol. The molecular formula is C16H29NO2. The molecule has 110 valence electrons. The van der Waals surface area contributed by atoms with E-state index in [1.54, 1.807) is 0 Å². The van der Waals surface area contributed by atoms with Crippen LogP contribution in [-0.4, -0.2) is 18.6 Å². The first-order valence-electron chi connectivity index (χ1n) is 7.97. The Labute approximate surface area is 117 Å². The Kier molecular flexibility index (Phi) is 4.88. The van der Waals surface area contributed by atoms with Crippen LogP contribution in [0.4, 0.5) is 0 Å². The molecule has 0 aromatic rings. The Balaban J connectivity index is 1.93. The van der Waals surface area contributed by atoms with Crippen LogP contribution in [0, 0.1) is 17.3 Å². The highest BCUT2D eigenvalue weighted by Gasteiger charge is 2.42. The van der Waals surface area contributed by atoms with Crippen molar-refractivity contribution in [2.45, 2.75) is 71.3 Å². The zero-order valence-electron chi connectivity index (χ0n) is 12.5. The predicted octanol–water partition coefficient (Wildman–Crippen LogP) is 3.26. The van der Waals surface area contributed by atoms with Crippen LogP contribution in [0.5, 0.6) is 0 Å². The first kappa shape index (κ1) is 14.8. The van der Waals surface area contributed by atoms with Crippen LogP contribution in [-0.2, 0) is 9.53 Å². The van der Waals surface area contributed by atoms with Crippen LogP contribution >= 0.6 is 0 Å². The number of carbonyl (C=O) groups is 1. The zero-order chi connectivity index (χ0) is 13.9. The first-order valence-corrected chi connectivity index (χ1v) is 7.97. The number of nitrogens with two attached hydrogens (primary N) is 1. The largest absolute Gasteiger partial charge is 0.462 e. The van der Waals surface area contributed by atoms with Gasteiger partial charge in [0.25, 0.3) is 0 Å². The molecule has 0 radical (unpaired) electrons. The van der Waals surface area contributed by atoms with E-state index in [1.807, 2.05) is 0 Å². The van der Waals surface area contributed by atoms with Gasteiger partial charge in [0.1, 0.15) is 6.10 Å². The molecular weight excluding hydrogens is 238 g/mol. The van der Waals surface area contributed by atoms with Crippen LogP contribution in [0.2, 0.25) is 0 Å². The quantitative estimate of drug-likeness (QED) is 0.798. The third-order valence-corrected chi connectivity index (χ3v) is 5.22. The third kappa shape index (κ3) is 3.50. The van der Waals surface area contributed by atoms with E-state index in [2.05, 4.69) is 13.8 Å². The van der Waals surface area contributed by atoms with Crippen molar-refractivity contribution in [1.82, 2.24) is 0 Å². The first-order chi connectivity index (χ1) is 9.05. The molecule has 3 heteroatoms. The van der Waals surface area contributed by atoms with E-state index in [-0.39, 0.29) is 17.5 Å². The molecule has 0 saturated heterocycles. The minimum atomic E-state index is -0.382. The summed E-state index contributed by atoms with van der Waals surface area (Å²) in [5.41, 5.74) is 5.53. The summed E-state index contributed by atoms with van der Waals surface area (Å²) < 4.78 is 5.81.